The molecule has 3 rings (SSSR count). The fourth-order valence-electron chi connectivity index (χ4n) is 2.03. The number of thiophene rings is 1. The Morgan fingerprint density at radius 2 is 2.12 bits per heavy atom. The Kier molecular flexibility index (Phi) is 4.61. The van der Waals surface area contributed by atoms with E-state index in [-0.39, 0.29) is 16.3 Å². The molecule has 9 heteroatoms. The van der Waals surface area contributed by atoms with Crippen molar-refractivity contribution in [3.63, 3.8) is 0 Å². The summed E-state index contributed by atoms with van der Waals surface area (Å²) in [4.78, 5) is 29.3. The van der Waals surface area contributed by atoms with E-state index in [1.807, 2.05) is 24.4 Å². The van der Waals surface area contributed by atoms with Crippen molar-refractivity contribution < 1.29 is 9.72 Å². The summed E-state index contributed by atoms with van der Waals surface area (Å²) in [5, 5.41) is 16.1. The molecule has 0 aliphatic heterocycles. The Morgan fingerprint density at radius 3 is 2.79 bits per heavy atom. The largest absolute Gasteiger partial charge is 0.298 e. The molecule has 0 aliphatic rings. The van der Waals surface area contributed by atoms with Crippen molar-refractivity contribution in [2.45, 2.75) is 6.92 Å². The number of aromatic nitrogens is 1. The van der Waals surface area contributed by atoms with Crippen molar-refractivity contribution in [1.82, 2.24) is 4.98 Å². The minimum atomic E-state index is -0.618. The van der Waals surface area contributed by atoms with Gasteiger partial charge in [-0.2, -0.15) is 0 Å². The van der Waals surface area contributed by atoms with Crippen molar-refractivity contribution in [3.8, 4) is 10.6 Å². The number of carbonyl (C=O) groups excluding carboxylic acids is 1. The minimum Gasteiger partial charge on any atom is -0.298 e. The first-order valence-electron chi connectivity index (χ1n) is 6.71. The molecule has 1 aromatic carbocycles. The third-order valence-corrected chi connectivity index (χ3v) is 5.13. The minimum absolute atomic E-state index is 0.101. The molecule has 3 aromatic rings. The van der Waals surface area contributed by atoms with Crippen LogP contribution >= 0.6 is 34.3 Å². The van der Waals surface area contributed by atoms with Crippen LogP contribution in [0.3, 0.4) is 0 Å². The van der Waals surface area contributed by atoms with Crippen LogP contribution in [0.5, 0.6) is 0 Å². The molecule has 0 aliphatic carbocycles. The lowest BCUT2D eigenvalue weighted by molar-refractivity contribution is -0.385. The maximum absolute atomic E-state index is 12.3. The molecule has 0 saturated heterocycles. The molecular formula is C15H10ClN3O3S2. The van der Waals surface area contributed by atoms with E-state index in [2.05, 4.69) is 10.3 Å². The van der Waals surface area contributed by atoms with Gasteiger partial charge in [-0.25, -0.2) is 4.98 Å². The summed E-state index contributed by atoms with van der Waals surface area (Å²) < 4.78 is 0. The predicted octanol–water partition coefficient (Wildman–Crippen LogP) is 4.99. The van der Waals surface area contributed by atoms with Crippen LogP contribution in [0, 0.1) is 17.0 Å². The van der Waals surface area contributed by atoms with Crippen molar-refractivity contribution in [3.05, 3.63) is 61.3 Å². The van der Waals surface area contributed by atoms with Crippen molar-refractivity contribution in [2.24, 2.45) is 0 Å². The first-order valence-corrected chi connectivity index (χ1v) is 8.79. The monoisotopic (exact) mass is 379 g/mol. The molecule has 2 heterocycles. The van der Waals surface area contributed by atoms with Crippen LogP contribution in [-0.2, 0) is 0 Å². The maximum Gasteiger partial charge on any atom is 0.282 e. The van der Waals surface area contributed by atoms with Gasteiger partial charge in [0.25, 0.3) is 11.6 Å². The Morgan fingerprint density at radius 1 is 1.33 bits per heavy atom. The first kappa shape index (κ1) is 16.6. The number of hydrogen-bond acceptors (Lipinski definition) is 6. The van der Waals surface area contributed by atoms with Gasteiger partial charge in [0.05, 0.1) is 15.5 Å². The summed E-state index contributed by atoms with van der Waals surface area (Å²) in [5.41, 5.74) is 0.354. The fraction of sp³-hybridized carbons (Fsp3) is 0.0667. The summed E-state index contributed by atoms with van der Waals surface area (Å²) in [6.45, 7) is 2.00. The smallest absolute Gasteiger partial charge is 0.282 e. The van der Waals surface area contributed by atoms with Gasteiger partial charge in [0.2, 0.25) is 0 Å². The molecule has 0 radical (unpaired) electrons. The highest BCUT2D eigenvalue weighted by Crippen LogP contribution is 2.31. The molecule has 0 atom stereocenters. The average Bonchev–Trinajstić information content (AvgIpc) is 3.15. The number of nitro benzene ring substituents is 1. The molecule has 122 valence electrons. The van der Waals surface area contributed by atoms with Gasteiger partial charge in [0.1, 0.15) is 5.56 Å². The van der Waals surface area contributed by atoms with E-state index in [1.165, 1.54) is 29.5 Å². The lowest BCUT2D eigenvalue weighted by Crippen LogP contribution is -2.13. The second-order valence-corrected chi connectivity index (χ2v) is 7.40. The maximum atomic E-state index is 12.3. The zero-order valence-electron chi connectivity index (χ0n) is 12.3. The summed E-state index contributed by atoms with van der Waals surface area (Å²) in [6.07, 6.45) is 0. The number of amides is 1. The molecule has 0 unspecified atom stereocenters. The summed E-state index contributed by atoms with van der Waals surface area (Å²) in [6, 6.07) is 7.80. The van der Waals surface area contributed by atoms with E-state index in [0.717, 1.165) is 15.4 Å². The van der Waals surface area contributed by atoms with Crippen LogP contribution in [0.15, 0.2) is 35.7 Å². The van der Waals surface area contributed by atoms with E-state index >= 15 is 0 Å². The van der Waals surface area contributed by atoms with Gasteiger partial charge in [-0.05, 0) is 31.2 Å². The van der Waals surface area contributed by atoms with Gasteiger partial charge in [-0.15, -0.1) is 22.7 Å². The SMILES string of the molecule is Cc1ccc(-c2csc(NC(=O)c3cc(Cl)ccc3[N+](=O)[O-])n2)s1. The Hall–Kier alpha value is -2.29. The van der Waals surface area contributed by atoms with Crippen molar-refractivity contribution in [1.29, 1.82) is 0 Å². The molecule has 6 nitrogen and oxygen atoms in total. The van der Waals surface area contributed by atoms with Crippen LogP contribution in [0.25, 0.3) is 10.6 Å². The van der Waals surface area contributed by atoms with E-state index in [9.17, 15) is 14.9 Å². The lowest BCUT2D eigenvalue weighted by Gasteiger charge is -2.03. The van der Waals surface area contributed by atoms with Gasteiger partial charge in [0.15, 0.2) is 5.13 Å². The van der Waals surface area contributed by atoms with Crippen LogP contribution in [-0.4, -0.2) is 15.8 Å². The number of halogens is 1. The number of nitro groups is 1. The van der Waals surface area contributed by atoms with Crippen LogP contribution in [0.4, 0.5) is 10.8 Å². The van der Waals surface area contributed by atoms with E-state index in [4.69, 9.17) is 11.6 Å². The molecule has 0 fully saturated rings. The molecule has 1 N–H and O–H groups in total. The number of thiazole rings is 1. The van der Waals surface area contributed by atoms with E-state index < -0.39 is 10.8 Å². The molecule has 0 bridgehead atoms. The van der Waals surface area contributed by atoms with E-state index in [1.54, 1.807) is 11.3 Å². The van der Waals surface area contributed by atoms with Crippen LogP contribution < -0.4 is 5.32 Å². The Bertz CT molecular complexity index is 936. The normalized spacial score (nSPS) is 10.6. The molecular weight excluding hydrogens is 370 g/mol. The third-order valence-electron chi connectivity index (χ3n) is 3.12. The number of nitrogens with zero attached hydrogens (tertiary/aromatic N) is 2. The topological polar surface area (TPSA) is 85.1 Å². The third kappa shape index (κ3) is 3.45. The number of carbonyl (C=O) groups is 1. The fourth-order valence-corrected chi connectivity index (χ4v) is 3.81. The Labute approximate surface area is 149 Å². The molecule has 2 aromatic heterocycles. The highest BCUT2D eigenvalue weighted by atomic mass is 35.5. The Balaban J connectivity index is 1.84. The predicted molar refractivity (Wildman–Crippen MR) is 96.2 cm³/mol. The summed E-state index contributed by atoms with van der Waals surface area (Å²) >= 11 is 8.70. The number of aryl methyl sites for hydroxylation is 1. The second-order valence-electron chi connectivity index (χ2n) is 4.82. The number of hydrogen-bond donors (Lipinski definition) is 1. The van der Waals surface area contributed by atoms with Crippen molar-refractivity contribution in [2.75, 3.05) is 5.32 Å². The van der Waals surface area contributed by atoms with Crippen LogP contribution in [0.1, 0.15) is 15.2 Å². The van der Waals surface area contributed by atoms with Gasteiger partial charge < -0.3 is 0 Å². The molecule has 0 saturated carbocycles. The number of rotatable bonds is 4. The standard InChI is InChI=1S/C15H10ClN3O3S2/c1-8-2-5-13(24-8)11-7-23-15(17-11)18-14(20)10-6-9(16)3-4-12(10)19(21)22/h2-7H,1H3,(H,17,18,20). The van der Waals surface area contributed by atoms with Gasteiger partial charge in [0, 0.05) is 21.3 Å². The zero-order valence-corrected chi connectivity index (χ0v) is 14.7. The van der Waals surface area contributed by atoms with Gasteiger partial charge in [-0.1, -0.05) is 11.6 Å². The molecule has 24 heavy (non-hydrogen) atoms. The quantitative estimate of drug-likeness (QED) is 0.511. The summed E-state index contributed by atoms with van der Waals surface area (Å²) in [7, 11) is 0. The average molecular weight is 380 g/mol. The first-order chi connectivity index (χ1) is 11.4. The second kappa shape index (κ2) is 6.68. The lowest BCUT2D eigenvalue weighted by atomic mass is 10.1. The van der Waals surface area contributed by atoms with Gasteiger partial charge in [-0.3, -0.25) is 20.2 Å². The number of benzene rings is 1. The van der Waals surface area contributed by atoms with Crippen molar-refractivity contribution >= 4 is 51.0 Å². The molecule has 0 spiro atoms. The highest BCUT2D eigenvalue weighted by Gasteiger charge is 2.21. The number of anilines is 1. The number of nitrogens with one attached hydrogen (secondary N) is 1. The summed E-state index contributed by atoms with van der Waals surface area (Å²) in [5.74, 6) is -0.618. The van der Waals surface area contributed by atoms with E-state index in [0.29, 0.717) is 5.13 Å². The zero-order chi connectivity index (χ0) is 17.3. The molecule has 1 amide bonds. The van der Waals surface area contributed by atoms with Crippen LogP contribution in [0.2, 0.25) is 5.02 Å². The highest BCUT2D eigenvalue weighted by molar-refractivity contribution is 7.17. The van der Waals surface area contributed by atoms with Gasteiger partial charge >= 0.3 is 0 Å².